The number of nitrogens with one attached hydrogen (secondary N) is 3. The van der Waals surface area contributed by atoms with Crippen LogP contribution in [-0.2, 0) is 17.6 Å². The lowest BCUT2D eigenvalue weighted by atomic mass is 10.1. The van der Waals surface area contributed by atoms with Gasteiger partial charge in [-0.15, -0.1) is 0 Å². The minimum atomic E-state index is -0.720. The molecule has 0 saturated carbocycles. The molecule has 0 saturated heterocycles. The van der Waals surface area contributed by atoms with Crippen LogP contribution in [0.25, 0.3) is 0 Å². The summed E-state index contributed by atoms with van der Waals surface area (Å²) in [5.74, 6) is -0.508. The smallest absolute Gasteiger partial charge is 0.273 e. The van der Waals surface area contributed by atoms with Gasteiger partial charge >= 0.3 is 5.69 Å². The van der Waals surface area contributed by atoms with Gasteiger partial charge < -0.3 is 0 Å². The quantitative estimate of drug-likeness (QED) is 0.519. The molecule has 0 aliphatic heterocycles. The third-order valence-corrected chi connectivity index (χ3v) is 2.90. The Morgan fingerprint density at radius 2 is 2.05 bits per heavy atom. The Labute approximate surface area is 125 Å². The van der Waals surface area contributed by atoms with Crippen molar-refractivity contribution in [3.8, 4) is 0 Å². The standard InChI is InChI=1S/C14H15N5O3/c1-2-9-3-5-10(6-4-9)8-15-18-12(20)7-11-13(21)16-14(22)19-17-11/h3-6,8H,2,7H2,1H3,(H,18,20)(H2,16,19,21,22). The SMILES string of the molecule is CCc1ccc(C=NNC(=O)Cc2n[nH]c(=O)[nH]c2=O)cc1. The molecule has 0 bridgehead atoms. The number of hydrazone groups is 1. The molecule has 0 spiro atoms. The summed E-state index contributed by atoms with van der Waals surface area (Å²) in [5.41, 5.74) is 2.85. The van der Waals surface area contributed by atoms with Crippen LogP contribution < -0.4 is 16.7 Å². The van der Waals surface area contributed by atoms with Crippen molar-refractivity contribution in [2.24, 2.45) is 5.10 Å². The van der Waals surface area contributed by atoms with Crippen molar-refractivity contribution < 1.29 is 4.79 Å². The summed E-state index contributed by atoms with van der Waals surface area (Å²) < 4.78 is 0. The third kappa shape index (κ3) is 4.23. The molecule has 3 N–H and O–H groups in total. The Bertz CT molecular complexity index is 789. The molecule has 1 heterocycles. The molecule has 0 unspecified atom stereocenters. The van der Waals surface area contributed by atoms with Crippen LogP contribution in [0, 0.1) is 0 Å². The summed E-state index contributed by atoms with van der Waals surface area (Å²) in [6.07, 6.45) is 2.18. The Kier molecular flexibility index (Phi) is 4.97. The lowest BCUT2D eigenvalue weighted by molar-refractivity contribution is -0.120. The molecular weight excluding hydrogens is 286 g/mol. The molecule has 8 heteroatoms. The van der Waals surface area contributed by atoms with Crippen LogP contribution in [-0.4, -0.2) is 27.3 Å². The highest BCUT2D eigenvalue weighted by molar-refractivity contribution is 5.83. The summed E-state index contributed by atoms with van der Waals surface area (Å²) in [6, 6.07) is 7.74. The Morgan fingerprint density at radius 1 is 1.32 bits per heavy atom. The van der Waals surface area contributed by atoms with Gasteiger partial charge in [0.05, 0.1) is 12.6 Å². The highest BCUT2D eigenvalue weighted by atomic mass is 16.2. The zero-order valence-corrected chi connectivity index (χ0v) is 11.9. The zero-order chi connectivity index (χ0) is 15.9. The van der Waals surface area contributed by atoms with E-state index in [1.165, 1.54) is 11.8 Å². The van der Waals surface area contributed by atoms with Crippen LogP contribution in [0.3, 0.4) is 0 Å². The second-order valence-electron chi connectivity index (χ2n) is 4.52. The number of hydrogen-bond donors (Lipinski definition) is 3. The minimum absolute atomic E-state index is 0.0837. The number of benzene rings is 1. The van der Waals surface area contributed by atoms with Crippen molar-refractivity contribution in [2.45, 2.75) is 19.8 Å². The first kappa shape index (κ1) is 15.4. The topological polar surface area (TPSA) is 120 Å². The minimum Gasteiger partial charge on any atom is -0.273 e. The maximum atomic E-state index is 11.6. The van der Waals surface area contributed by atoms with Crippen molar-refractivity contribution in [2.75, 3.05) is 0 Å². The van der Waals surface area contributed by atoms with Crippen LogP contribution in [0.4, 0.5) is 0 Å². The highest BCUT2D eigenvalue weighted by Gasteiger charge is 2.08. The predicted octanol–water partition coefficient (Wildman–Crippen LogP) is -0.287. The van der Waals surface area contributed by atoms with E-state index in [2.05, 4.69) is 27.6 Å². The number of aromatic nitrogens is 3. The van der Waals surface area contributed by atoms with Crippen LogP contribution in [0.5, 0.6) is 0 Å². The monoisotopic (exact) mass is 301 g/mol. The highest BCUT2D eigenvalue weighted by Crippen LogP contribution is 2.02. The van der Waals surface area contributed by atoms with Crippen molar-refractivity contribution in [3.05, 3.63) is 61.9 Å². The van der Waals surface area contributed by atoms with Crippen LogP contribution >= 0.6 is 0 Å². The number of carbonyl (C=O) groups excluding carboxylic acids is 1. The summed E-state index contributed by atoms with van der Waals surface area (Å²) in [5, 5.41) is 9.37. The summed E-state index contributed by atoms with van der Waals surface area (Å²) in [7, 11) is 0. The second kappa shape index (κ2) is 7.11. The Morgan fingerprint density at radius 3 is 2.68 bits per heavy atom. The number of aromatic amines is 2. The van der Waals surface area contributed by atoms with Crippen LogP contribution in [0.15, 0.2) is 39.0 Å². The first-order valence-electron chi connectivity index (χ1n) is 6.67. The lowest BCUT2D eigenvalue weighted by Gasteiger charge is -1.99. The van der Waals surface area contributed by atoms with Gasteiger partial charge in [-0.05, 0) is 17.5 Å². The van der Waals surface area contributed by atoms with E-state index < -0.39 is 17.2 Å². The molecule has 2 aromatic rings. The van der Waals surface area contributed by atoms with Gasteiger partial charge in [-0.25, -0.2) is 15.3 Å². The van der Waals surface area contributed by atoms with E-state index in [0.29, 0.717) is 0 Å². The zero-order valence-electron chi connectivity index (χ0n) is 11.9. The number of amides is 1. The van der Waals surface area contributed by atoms with Gasteiger partial charge in [-0.3, -0.25) is 14.6 Å². The molecule has 114 valence electrons. The van der Waals surface area contributed by atoms with E-state index in [1.807, 2.05) is 29.2 Å². The summed E-state index contributed by atoms with van der Waals surface area (Å²) >= 11 is 0. The molecule has 1 aromatic heterocycles. The molecule has 0 aliphatic carbocycles. The molecule has 2 rings (SSSR count). The van der Waals surface area contributed by atoms with E-state index in [1.54, 1.807) is 0 Å². The molecule has 0 aliphatic rings. The van der Waals surface area contributed by atoms with Gasteiger partial charge in [-0.1, -0.05) is 31.2 Å². The number of carbonyl (C=O) groups is 1. The van der Waals surface area contributed by atoms with Gasteiger partial charge in [0.15, 0.2) is 0 Å². The average Bonchev–Trinajstić information content (AvgIpc) is 2.51. The molecule has 1 amide bonds. The van der Waals surface area contributed by atoms with E-state index in [-0.39, 0.29) is 12.1 Å². The molecule has 0 atom stereocenters. The fourth-order valence-corrected chi connectivity index (χ4v) is 1.70. The largest absolute Gasteiger partial charge is 0.342 e. The van der Waals surface area contributed by atoms with Crippen molar-refractivity contribution in [3.63, 3.8) is 0 Å². The van der Waals surface area contributed by atoms with E-state index in [9.17, 15) is 14.4 Å². The normalized spacial score (nSPS) is 10.8. The van der Waals surface area contributed by atoms with E-state index in [4.69, 9.17) is 0 Å². The number of rotatable bonds is 5. The number of hydrogen-bond acceptors (Lipinski definition) is 5. The van der Waals surface area contributed by atoms with Crippen molar-refractivity contribution >= 4 is 12.1 Å². The molecule has 0 fully saturated rings. The van der Waals surface area contributed by atoms with Gasteiger partial charge in [0.25, 0.3) is 5.56 Å². The number of aryl methyl sites for hydroxylation is 1. The van der Waals surface area contributed by atoms with Crippen LogP contribution in [0.1, 0.15) is 23.7 Å². The van der Waals surface area contributed by atoms with Gasteiger partial charge in [-0.2, -0.15) is 10.2 Å². The Hall–Kier alpha value is -3.03. The fourth-order valence-electron chi connectivity index (χ4n) is 1.70. The second-order valence-corrected chi connectivity index (χ2v) is 4.52. The fraction of sp³-hybridized carbons (Fsp3) is 0.214. The van der Waals surface area contributed by atoms with E-state index >= 15 is 0 Å². The molecule has 8 nitrogen and oxygen atoms in total. The number of nitrogens with zero attached hydrogens (tertiary/aromatic N) is 2. The third-order valence-electron chi connectivity index (χ3n) is 2.90. The average molecular weight is 301 g/mol. The van der Waals surface area contributed by atoms with Gasteiger partial charge in [0.1, 0.15) is 5.69 Å². The maximum absolute atomic E-state index is 11.6. The van der Waals surface area contributed by atoms with Crippen LogP contribution in [0.2, 0.25) is 0 Å². The molecular formula is C14H15N5O3. The van der Waals surface area contributed by atoms with Crippen molar-refractivity contribution in [1.82, 2.24) is 20.6 Å². The van der Waals surface area contributed by atoms with Gasteiger partial charge in [0, 0.05) is 0 Å². The first-order valence-corrected chi connectivity index (χ1v) is 6.67. The summed E-state index contributed by atoms with van der Waals surface area (Å²) in [6.45, 7) is 2.07. The van der Waals surface area contributed by atoms with Gasteiger partial charge in [0.2, 0.25) is 5.91 Å². The van der Waals surface area contributed by atoms with Crippen molar-refractivity contribution in [1.29, 1.82) is 0 Å². The molecule has 1 aromatic carbocycles. The lowest BCUT2D eigenvalue weighted by Crippen LogP contribution is -2.31. The Balaban J connectivity index is 1.93. The van der Waals surface area contributed by atoms with E-state index in [0.717, 1.165) is 12.0 Å². The predicted molar refractivity (Wildman–Crippen MR) is 80.7 cm³/mol. The molecule has 0 radical (unpaired) electrons. The first-order chi connectivity index (χ1) is 10.6. The maximum Gasteiger partial charge on any atom is 0.342 e. The number of H-pyrrole nitrogens is 2. The summed E-state index contributed by atoms with van der Waals surface area (Å²) in [4.78, 5) is 35.8. The molecule has 22 heavy (non-hydrogen) atoms.